The van der Waals surface area contributed by atoms with Crippen LogP contribution in [0.3, 0.4) is 0 Å². The maximum atomic E-state index is 12.8. The number of rotatable bonds is 14. The van der Waals surface area contributed by atoms with Crippen LogP contribution in [0.4, 0.5) is 5.69 Å². The number of benzene rings is 2. The van der Waals surface area contributed by atoms with Crippen molar-refractivity contribution in [3.63, 3.8) is 0 Å². The molecule has 0 aliphatic rings. The Bertz CT molecular complexity index is 873. The highest BCUT2D eigenvalue weighted by molar-refractivity contribution is 7.92. The van der Waals surface area contributed by atoms with Crippen molar-refractivity contribution in [2.75, 3.05) is 51.8 Å². The van der Waals surface area contributed by atoms with Crippen molar-refractivity contribution in [1.82, 2.24) is 4.90 Å². The van der Waals surface area contributed by atoms with Crippen LogP contribution < -0.4 is 9.04 Å². The fourth-order valence-electron chi connectivity index (χ4n) is 3.04. The highest BCUT2D eigenvalue weighted by Gasteiger charge is 2.21. The second-order valence-corrected chi connectivity index (χ2v) is 9.88. The van der Waals surface area contributed by atoms with E-state index in [0.29, 0.717) is 17.3 Å². The number of hydrogen-bond donors (Lipinski definition) is 0. The summed E-state index contributed by atoms with van der Waals surface area (Å²) in [5.41, 5.74) is 0.569. The van der Waals surface area contributed by atoms with Gasteiger partial charge in [0, 0.05) is 25.7 Å². The third-order valence-corrected chi connectivity index (χ3v) is 7.10. The van der Waals surface area contributed by atoms with E-state index in [1.807, 2.05) is 0 Å². The molecule has 0 radical (unpaired) electrons. The lowest BCUT2D eigenvalue weighted by atomic mass is 10.2. The Morgan fingerprint density at radius 2 is 1.48 bits per heavy atom. The summed E-state index contributed by atoms with van der Waals surface area (Å²) in [4.78, 5) is 2.48. The number of unbranched alkanes of at least 4 members (excludes halogenated alkanes) is 3. The topological polar surface area (TPSA) is 59.1 Å². The lowest BCUT2D eigenvalue weighted by Gasteiger charge is -2.20. The Balaban J connectivity index is 1.73. The van der Waals surface area contributed by atoms with Crippen molar-refractivity contribution in [1.29, 1.82) is 0 Å². The highest BCUT2D eigenvalue weighted by Crippen LogP contribution is 2.25. The Kier molecular flexibility index (Phi) is 10.6. The molecular formula is C23H33ClN2O4S. The zero-order valence-corrected chi connectivity index (χ0v) is 20.2. The van der Waals surface area contributed by atoms with Crippen LogP contribution in [0.2, 0.25) is 5.02 Å². The fourth-order valence-corrected chi connectivity index (χ4v) is 4.36. The molecule has 0 fully saturated rings. The van der Waals surface area contributed by atoms with E-state index >= 15 is 0 Å². The molecule has 0 saturated heterocycles. The van der Waals surface area contributed by atoms with Crippen molar-refractivity contribution in [2.45, 2.75) is 30.6 Å². The number of ether oxygens (including phenoxy) is 2. The summed E-state index contributed by atoms with van der Waals surface area (Å²) in [6, 6.07) is 13.2. The summed E-state index contributed by atoms with van der Waals surface area (Å²) in [6.07, 6.45) is 4.46. The number of likely N-dealkylation sites (N-methyl/N-ethyl adjacent to an activating group) is 1. The van der Waals surface area contributed by atoms with Crippen molar-refractivity contribution >= 4 is 27.3 Å². The molecular weight excluding hydrogens is 436 g/mol. The molecule has 0 amide bonds. The molecule has 0 N–H and O–H groups in total. The molecule has 0 spiro atoms. The van der Waals surface area contributed by atoms with Gasteiger partial charge in [0.1, 0.15) is 5.75 Å². The van der Waals surface area contributed by atoms with Gasteiger partial charge in [-0.3, -0.25) is 4.31 Å². The molecule has 0 aromatic heterocycles. The predicted molar refractivity (Wildman–Crippen MR) is 127 cm³/mol. The number of halogens is 1. The van der Waals surface area contributed by atoms with Crippen LogP contribution in [0.1, 0.15) is 25.7 Å². The van der Waals surface area contributed by atoms with Gasteiger partial charge in [-0.15, -0.1) is 0 Å². The molecule has 0 bridgehead atoms. The summed E-state index contributed by atoms with van der Waals surface area (Å²) < 4.78 is 37.7. The van der Waals surface area contributed by atoms with Gasteiger partial charge >= 0.3 is 0 Å². The molecule has 0 aliphatic heterocycles. The first-order valence-corrected chi connectivity index (χ1v) is 12.3. The van der Waals surface area contributed by atoms with Gasteiger partial charge in [-0.25, -0.2) is 8.42 Å². The Morgan fingerprint density at radius 1 is 0.839 bits per heavy atom. The van der Waals surface area contributed by atoms with E-state index < -0.39 is 10.0 Å². The van der Waals surface area contributed by atoms with Gasteiger partial charge in [0.15, 0.2) is 0 Å². The Hall–Kier alpha value is -1.80. The number of sulfonamides is 1. The maximum absolute atomic E-state index is 12.8. The third-order valence-electron chi connectivity index (χ3n) is 5.05. The third kappa shape index (κ3) is 8.33. The molecule has 172 valence electrons. The second kappa shape index (κ2) is 12.9. The van der Waals surface area contributed by atoms with Crippen molar-refractivity contribution in [3.8, 4) is 5.75 Å². The molecule has 6 nitrogen and oxygen atoms in total. The Morgan fingerprint density at radius 3 is 2.13 bits per heavy atom. The van der Waals surface area contributed by atoms with Gasteiger partial charge in [0.05, 0.1) is 23.8 Å². The first kappa shape index (κ1) is 25.5. The average Bonchev–Trinajstić information content (AvgIpc) is 2.77. The van der Waals surface area contributed by atoms with Crippen molar-refractivity contribution in [2.24, 2.45) is 0 Å². The smallest absolute Gasteiger partial charge is 0.264 e. The monoisotopic (exact) mass is 468 g/mol. The van der Waals surface area contributed by atoms with Crippen LogP contribution in [0, 0.1) is 0 Å². The van der Waals surface area contributed by atoms with Crippen LogP contribution in [0.5, 0.6) is 5.75 Å². The number of methoxy groups -OCH3 is 1. The predicted octanol–water partition coefficient (Wildman–Crippen LogP) is 4.68. The van der Waals surface area contributed by atoms with Crippen LogP contribution in [-0.2, 0) is 14.8 Å². The first-order chi connectivity index (χ1) is 14.8. The maximum Gasteiger partial charge on any atom is 0.264 e. The summed E-state index contributed by atoms with van der Waals surface area (Å²) in [5.74, 6) is 0.736. The summed E-state index contributed by atoms with van der Waals surface area (Å²) in [5, 5.41) is 0.498. The van der Waals surface area contributed by atoms with Crippen LogP contribution in [0.15, 0.2) is 53.4 Å². The number of hydrogen-bond acceptors (Lipinski definition) is 5. The van der Waals surface area contributed by atoms with Crippen molar-refractivity contribution in [3.05, 3.63) is 53.6 Å². The van der Waals surface area contributed by atoms with E-state index in [1.54, 1.807) is 43.5 Å². The first-order valence-electron chi connectivity index (χ1n) is 10.5. The van der Waals surface area contributed by atoms with Gasteiger partial charge in [-0.1, -0.05) is 24.4 Å². The lowest BCUT2D eigenvalue weighted by Crippen LogP contribution is -2.26. The summed E-state index contributed by atoms with van der Waals surface area (Å²) >= 11 is 5.85. The van der Waals surface area contributed by atoms with E-state index in [4.69, 9.17) is 21.1 Å². The molecule has 0 atom stereocenters. The molecule has 8 heteroatoms. The minimum absolute atomic E-state index is 0.199. The molecule has 0 unspecified atom stereocenters. The van der Waals surface area contributed by atoms with Gasteiger partial charge < -0.3 is 14.4 Å². The van der Waals surface area contributed by atoms with E-state index in [9.17, 15) is 8.42 Å². The standard InChI is InChI=1S/C23H33ClN2O4S/c1-25(17-19-29-3)16-6-4-5-7-18-30-22-12-10-21(11-13-22)26(2)31(27,28)23-14-8-20(24)9-15-23/h8-15H,4-7,16-19H2,1-3H3. The number of nitrogens with zero attached hydrogens (tertiary/aromatic N) is 2. The largest absolute Gasteiger partial charge is 0.494 e. The quantitative estimate of drug-likeness (QED) is 0.377. The van der Waals surface area contributed by atoms with Crippen LogP contribution in [0.25, 0.3) is 0 Å². The Labute approximate surface area is 191 Å². The fraction of sp³-hybridized carbons (Fsp3) is 0.478. The van der Waals surface area contributed by atoms with Gasteiger partial charge in [-0.2, -0.15) is 0 Å². The highest BCUT2D eigenvalue weighted by atomic mass is 35.5. The van der Waals surface area contributed by atoms with Crippen LogP contribution in [-0.4, -0.2) is 60.8 Å². The minimum Gasteiger partial charge on any atom is -0.494 e. The molecule has 0 aliphatic carbocycles. The van der Waals surface area contributed by atoms with E-state index in [-0.39, 0.29) is 4.90 Å². The second-order valence-electron chi connectivity index (χ2n) is 7.48. The molecule has 2 rings (SSSR count). The van der Waals surface area contributed by atoms with Gasteiger partial charge in [0.2, 0.25) is 0 Å². The van der Waals surface area contributed by atoms with Gasteiger partial charge in [-0.05, 0) is 75.0 Å². The zero-order chi connectivity index (χ0) is 22.7. The summed E-state index contributed by atoms with van der Waals surface area (Å²) in [7, 11) is 1.73. The molecule has 0 saturated carbocycles. The van der Waals surface area contributed by atoms with Gasteiger partial charge in [0.25, 0.3) is 10.0 Å². The molecule has 31 heavy (non-hydrogen) atoms. The normalized spacial score (nSPS) is 11.6. The van der Waals surface area contributed by atoms with E-state index in [0.717, 1.165) is 38.3 Å². The molecule has 0 heterocycles. The molecule has 2 aromatic rings. The molecule has 2 aromatic carbocycles. The average molecular weight is 469 g/mol. The summed E-state index contributed by atoms with van der Waals surface area (Å²) in [6.45, 7) is 3.47. The van der Waals surface area contributed by atoms with Crippen molar-refractivity contribution < 1.29 is 17.9 Å². The van der Waals surface area contributed by atoms with E-state index in [1.165, 1.54) is 36.3 Å². The lowest BCUT2D eigenvalue weighted by molar-refractivity contribution is 0.160. The van der Waals surface area contributed by atoms with Crippen LogP contribution >= 0.6 is 11.6 Å². The van der Waals surface area contributed by atoms with E-state index in [2.05, 4.69) is 11.9 Å². The minimum atomic E-state index is -3.64. The number of anilines is 1. The SMILES string of the molecule is COCCN(C)CCCCCCOc1ccc(N(C)S(=O)(=O)c2ccc(Cl)cc2)cc1. The zero-order valence-electron chi connectivity index (χ0n) is 18.6.